The topological polar surface area (TPSA) is 56.7 Å². The molecule has 0 saturated carbocycles. The van der Waals surface area contributed by atoms with Crippen molar-refractivity contribution in [2.45, 2.75) is 96.8 Å². The Morgan fingerprint density at radius 3 is 1.81 bits per heavy atom. The van der Waals surface area contributed by atoms with E-state index in [2.05, 4.69) is 19.1 Å². The van der Waals surface area contributed by atoms with E-state index in [4.69, 9.17) is 0 Å². The summed E-state index contributed by atoms with van der Waals surface area (Å²) in [5.41, 5.74) is 0.439. The molecule has 0 aromatic carbocycles. The first-order valence-corrected chi connectivity index (χ1v) is 8.94. The van der Waals surface area contributed by atoms with Gasteiger partial charge >= 0.3 is 5.91 Å². The average Bonchev–Trinajstić information content (AvgIpc) is 2.50. The highest BCUT2D eigenvalue weighted by atomic mass is 16.5. The number of hydrogen-bond acceptors (Lipinski definition) is 2. The fraction of sp³-hybridized carbons (Fsp3) is 0.833. The van der Waals surface area contributed by atoms with Gasteiger partial charge in [-0.25, -0.2) is 4.79 Å². The molecule has 0 fully saturated rings. The molecule has 0 bridgehead atoms. The van der Waals surface area contributed by atoms with E-state index in [1.807, 2.05) is 0 Å². The molecule has 0 aromatic heterocycles. The van der Waals surface area contributed by atoms with Crippen molar-refractivity contribution in [2.24, 2.45) is 0 Å². The molecule has 0 radical (unpaired) electrons. The van der Waals surface area contributed by atoms with Crippen LogP contribution in [0.5, 0.6) is 0 Å². The Morgan fingerprint density at radius 2 is 1.29 bits per heavy atom. The first-order chi connectivity index (χ1) is 10.3. The summed E-state index contributed by atoms with van der Waals surface area (Å²) in [6, 6.07) is 0. The van der Waals surface area contributed by atoms with Gasteiger partial charge < -0.3 is 10.7 Å². The molecule has 3 heteroatoms. The molecule has 0 rings (SSSR count). The number of primary amides is 1. The highest BCUT2D eigenvalue weighted by Crippen LogP contribution is 2.09. The van der Waals surface area contributed by atoms with Crippen molar-refractivity contribution in [1.29, 1.82) is 0 Å². The molecule has 2 N–H and O–H groups in total. The fourth-order valence-corrected chi connectivity index (χ4v) is 2.43. The summed E-state index contributed by atoms with van der Waals surface area (Å²) in [6.45, 7) is 2.26. The summed E-state index contributed by atoms with van der Waals surface area (Å²) < 4.78 is 0. The molecule has 0 saturated heterocycles. The Labute approximate surface area is 131 Å². The van der Waals surface area contributed by atoms with Crippen LogP contribution in [0.1, 0.15) is 96.8 Å². The van der Waals surface area contributed by atoms with Crippen LogP contribution in [0.25, 0.3) is 0 Å². The van der Waals surface area contributed by atoms with Crippen molar-refractivity contribution >= 4 is 5.91 Å². The third-order valence-corrected chi connectivity index (χ3v) is 3.82. The average molecular weight is 297 g/mol. The number of rotatable bonds is 15. The molecule has 21 heavy (non-hydrogen) atoms. The third kappa shape index (κ3) is 17.3. The first-order valence-electron chi connectivity index (χ1n) is 8.94. The second-order valence-corrected chi connectivity index (χ2v) is 5.92. The van der Waals surface area contributed by atoms with E-state index in [-0.39, 0.29) is 5.91 Å². The van der Waals surface area contributed by atoms with Gasteiger partial charge in [-0.15, -0.1) is 0 Å². The lowest BCUT2D eigenvalue weighted by Gasteiger charge is -2.01. The van der Waals surface area contributed by atoms with E-state index in [9.17, 15) is 10.0 Å². The second-order valence-electron chi connectivity index (χ2n) is 5.92. The van der Waals surface area contributed by atoms with Crippen molar-refractivity contribution in [3.63, 3.8) is 0 Å². The number of amides is 1. The maximum absolute atomic E-state index is 10.8. The highest BCUT2D eigenvalue weighted by Gasteiger charge is 1.99. The van der Waals surface area contributed by atoms with E-state index in [0.717, 1.165) is 12.8 Å². The number of quaternary nitrogens is 1. The highest BCUT2D eigenvalue weighted by molar-refractivity contribution is 5.65. The van der Waals surface area contributed by atoms with Gasteiger partial charge in [-0.05, 0) is 32.1 Å². The van der Waals surface area contributed by atoms with Gasteiger partial charge in [-0.1, -0.05) is 70.4 Å². The van der Waals surface area contributed by atoms with E-state index < -0.39 is 0 Å². The molecule has 0 atom stereocenters. The Morgan fingerprint density at radius 1 is 0.810 bits per heavy atom. The number of carbonyl (C=O) groups is 1. The largest absolute Gasteiger partial charge is 0.628 e. The molecule has 0 aliphatic rings. The van der Waals surface area contributed by atoms with Crippen LogP contribution in [-0.2, 0) is 4.79 Å². The van der Waals surface area contributed by atoms with Crippen molar-refractivity contribution in [2.75, 3.05) is 0 Å². The molecule has 124 valence electrons. The van der Waals surface area contributed by atoms with Crippen LogP contribution < -0.4 is 5.48 Å². The predicted molar refractivity (Wildman–Crippen MR) is 89.8 cm³/mol. The smallest absolute Gasteiger partial charge is 0.310 e. The Hall–Kier alpha value is -0.670. The number of hydroxylamine groups is 1. The predicted octanol–water partition coefficient (Wildman–Crippen LogP) is 4.61. The van der Waals surface area contributed by atoms with Gasteiger partial charge in [-0.3, -0.25) is 0 Å². The SMILES string of the molecule is CCCCCCCCC=CCCCCCCCC(=O)[NH2+][O-]. The minimum atomic E-state index is -0.257. The van der Waals surface area contributed by atoms with Gasteiger partial charge in [0.25, 0.3) is 0 Å². The molecule has 0 unspecified atom stereocenters. The first kappa shape index (κ1) is 20.3. The van der Waals surface area contributed by atoms with E-state index in [1.54, 1.807) is 0 Å². The van der Waals surface area contributed by atoms with Crippen molar-refractivity contribution in [3.8, 4) is 0 Å². The maximum atomic E-state index is 10.8. The number of nitrogens with two attached hydrogens (primary N) is 1. The Balaban J connectivity index is 3.10. The van der Waals surface area contributed by atoms with Crippen molar-refractivity contribution < 1.29 is 10.3 Å². The number of allylic oxidation sites excluding steroid dienone is 2. The monoisotopic (exact) mass is 297 g/mol. The van der Waals surface area contributed by atoms with Gasteiger partial charge in [0, 0.05) is 0 Å². The number of carbonyl (C=O) groups excluding carboxylic acids is 1. The maximum Gasteiger partial charge on any atom is 0.310 e. The minimum Gasteiger partial charge on any atom is -0.628 e. The van der Waals surface area contributed by atoms with Crippen LogP contribution in [0.3, 0.4) is 0 Å². The van der Waals surface area contributed by atoms with E-state index >= 15 is 0 Å². The molecule has 0 aliphatic carbocycles. The van der Waals surface area contributed by atoms with Gasteiger partial charge in [0.05, 0.1) is 6.42 Å². The van der Waals surface area contributed by atoms with Crippen LogP contribution in [0.2, 0.25) is 0 Å². The van der Waals surface area contributed by atoms with E-state index in [1.165, 1.54) is 70.6 Å². The van der Waals surface area contributed by atoms with Gasteiger partial charge in [0.1, 0.15) is 0 Å². The summed E-state index contributed by atoms with van der Waals surface area (Å²) in [5, 5.41) is 10.1. The van der Waals surface area contributed by atoms with Crippen LogP contribution in [0.15, 0.2) is 12.2 Å². The van der Waals surface area contributed by atoms with Gasteiger partial charge in [-0.2, -0.15) is 0 Å². The molecule has 0 aliphatic heterocycles. The standard InChI is InChI=1S/C18H35NO2/c1-2-3-4-5-6-7-8-9-10-11-12-13-14-15-16-17-18(20)19-21/h9-10H,2-8,11-17,19H2,1H3. The summed E-state index contributed by atoms with van der Waals surface area (Å²) in [5.74, 6) is -0.257. The molecule has 0 aromatic rings. The molecular formula is C18H35NO2. The van der Waals surface area contributed by atoms with Crippen molar-refractivity contribution in [3.05, 3.63) is 17.4 Å². The molecule has 1 amide bonds. The summed E-state index contributed by atoms with van der Waals surface area (Å²) in [7, 11) is 0. The van der Waals surface area contributed by atoms with Crippen LogP contribution >= 0.6 is 0 Å². The van der Waals surface area contributed by atoms with Crippen LogP contribution in [0, 0.1) is 5.21 Å². The molecule has 3 nitrogen and oxygen atoms in total. The quantitative estimate of drug-likeness (QED) is 0.272. The summed E-state index contributed by atoms with van der Waals surface area (Å²) in [4.78, 5) is 10.8. The van der Waals surface area contributed by atoms with Crippen LogP contribution in [-0.4, -0.2) is 5.91 Å². The number of hydrogen-bond donors (Lipinski definition) is 1. The number of unbranched alkanes of at least 4 members (excludes halogenated alkanes) is 11. The second kappa shape index (κ2) is 17.4. The Kier molecular flexibility index (Phi) is 16.8. The lowest BCUT2D eigenvalue weighted by atomic mass is 10.1. The zero-order valence-corrected chi connectivity index (χ0v) is 13.9. The zero-order chi connectivity index (χ0) is 15.6. The molecular weight excluding hydrogens is 262 g/mol. The van der Waals surface area contributed by atoms with Gasteiger partial charge in [0.2, 0.25) is 0 Å². The normalized spacial score (nSPS) is 11.3. The third-order valence-electron chi connectivity index (χ3n) is 3.82. The zero-order valence-electron chi connectivity index (χ0n) is 13.9. The molecule has 0 heterocycles. The summed E-state index contributed by atoms with van der Waals surface area (Å²) in [6.07, 6.45) is 21.3. The van der Waals surface area contributed by atoms with Gasteiger partial charge in [0.15, 0.2) is 0 Å². The summed E-state index contributed by atoms with van der Waals surface area (Å²) >= 11 is 0. The fourth-order valence-electron chi connectivity index (χ4n) is 2.43. The van der Waals surface area contributed by atoms with Crippen molar-refractivity contribution in [1.82, 2.24) is 0 Å². The van der Waals surface area contributed by atoms with E-state index in [0.29, 0.717) is 11.9 Å². The minimum absolute atomic E-state index is 0.257. The van der Waals surface area contributed by atoms with Crippen LogP contribution in [0.4, 0.5) is 0 Å². The lowest BCUT2D eigenvalue weighted by molar-refractivity contribution is -0.500. The lowest BCUT2D eigenvalue weighted by Crippen LogP contribution is -2.81. The Bertz CT molecular complexity index is 252. The molecule has 0 spiro atoms.